The molecule has 0 atom stereocenters. The minimum absolute atomic E-state index is 0.00407. The molecule has 0 bridgehead atoms. The summed E-state index contributed by atoms with van der Waals surface area (Å²) < 4.78 is 5.24. The molecule has 0 fully saturated rings. The van der Waals surface area contributed by atoms with Gasteiger partial charge in [0.1, 0.15) is 5.75 Å². The maximum atomic E-state index is 12.4. The van der Waals surface area contributed by atoms with Crippen LogP contribution in [-0.2, 0) is 17.8 Å². The molecule has 4 heteroatoms. The van der Waals surface area contributed by atoms with Gasteiger partial charge in [0.25, 0.3) is 0 Å². The van der Waals surface area contributed by atoms with E-state index in [1.165, 1.54) is 5.56 Å². The molecule has 0 heterocycles. The normalized spacial score (nSPS) is 10.7. The average molecular weight is 326 g/mol. The summed E-state index contributed by atoms with van der Waals surface area (Å²) in [7, 11) is 3.60. The summed E-state index contributed by atoms with van der Waals surface area (Å²) in [6, 6.07) is 14.0. The van der Waals surface area contributed by atoms with Crippen molar-refractivity contribution in [3.63, 3.8) is 0 Å². The van der Waals surface area contributed by atoms with Gasteiger partial charge in [0.05, 0.1) is 13.7 Å². The molecule has 0 spiro atoms. The van der Waals surface area contributed by atoms with Crippen molar-refractivity contribution in [3.05, 3.63) is 59.2 Å². The molecule has 24 heavy (non-hydrogen) atoms. The van der Waals surface area contributed by atoms with Crippen LogP contribution in [0, 0.1) is 6.92 Å². The van der Waals surface area contributed by atoms with Crippen molar-refractivity contribution in [3.8, 4) is 5.75 Å². The fraction of sp³-hybridized carbons (Fsp3) is 0.350. The molecule has 0 aliphatic rings. The zero-order valence-electron chi connectivity index (χ0n) is 14.9. The van der Waals surface area contributed by atoms with Gasteiger partial charge in [-0.1, -0.05) is 37.3 Å². The smallest absolute Gasteiger partial charge is 0.238 e. The van der Waals surface area contributed by atoms with Gasteiger partial charge >= 0.3 is 0 Å². The van der Waals surface area contributed by atoms with E-state index < -0.39 is 0 Å². The molecule has 2 aromatic carbocycles. The largest absolute Gasteiger partial charge is 0.497 e. The first kappa shape index (κ1) is 18.0. The number of carbonyl (C=O) groups excluding carboxylic acids is 1. The molecule has 2 aromatic rings. The number of hydrogen-bond donors (Lipinski definition) is 1. The Bertz CT molecular complexity index is 698. The minimum atomic E-state index is 0.00407. The second kappa shape index (κ2) is 8.50. The van der Waals surface area contributed by atoms with Crippen LogP contribution in [-0.4, -0.2) is 31.5 Å². The van der Waals surface area contributed by atoms with Gasteiger partial charge in [0.2, 0.25) is 5.91 Å². The van der Waals surface area contributed by atoms with E-state index in [-0.39, 0.29) is 5.91 Å². The highest BCUT2D eigenvalue weighted by Gasteiger charge is 2.11. The molecule has 0 saturated heterocycles. The molecular formula is C20H26N2O2. The van der Waals surface area contributed by atoms with Crippen molar-refractivity contribution in [2.45, 2.75) is 26.8 Å². The standard InChI is InChI=1S/C20H26N2O2/c1-5-17-10-6-8-15(2)20(17)21-19(23)14-22(3)13-16-9-7-11-18(12-16)24-4/h6-12H,5,13-14H2,1-4H3,(H,21,23). The Morgan fingerprint density at radius 2 is 1.96 bits per heavy atom. The van der Waals surface area contributed by atoms with E-state index in [1.807, 2.05) is 55.3 Å². The Hall–Kier alpha value is -2.33. The molecule has 0 aliphatic heterocycles. The number of methoxy groups -OCH3 is 1. The highest BCUT2D eigenvalue weighted by atomic mass is 16.5. The number of anilines is 1. The molecular weight excluding hydrogens is 300 g/mol. The van der Waals surface area contributed by atoms with Gasteiger partial charge in [0.15, 0.2) is 0 Å². The van der Waals surface area contributed by atoms with Gasteiger partial charge in [0, 0.05) is 12.2 Å². The summed E-state index contributed by atoms with van der Waals surface area (Å²) in [5, 5.41) is 3.06. The van der Waals surface area contributed by atoms with Crippen molar-refractivity contribution in [2.75, 3.05) is 26.0 Å². The number of rotatable bonds is 7. The number of para-hydroxylation sites is 1. The SMILES string of the molecule is CCc1cccc(C)c1NC(=O)CN(C)Cc1cccc(OC)c1. The number of likely N-dealkylation sites (N-methyl/N-ethyl adjacent to an activating group) is 1. The first-order valence-electron chi connectivity index (χ1n) is 8.23. The Labute approximate surface area is 144 Å². The van der Waals surface area contributed by atoms with Gasteiger partial charge in [-0.3, -0.25) is 9.69 Å². The Balaban J connectivity index is 1.97. The predicted octanol–water partition coefficient (Wildman–Crippen LogP) is 3.64. The first-order valence-corrected chi connectivity index (χ1v) is 8.23. The molecule has 0 aromatic heterocycles. The summed E-state index contributed by atoms with van der Waals surface area (Å²) in [6.45, 7) is 5.15. The Kier molecular flexibility index (Phi) is 6.38. The number of carbonyl (C=O) groups is 1. The zero-order chi connectivity index (χ0) is 17.5. The third kappa shape index (κ3) is 4.83. The molecule has 0 saturated carbocycles. The number of ether oxygens (including phenoxy) is 1. The fourth-order valence-electron chi connectivity index (χ4n) is 2.76. The van der Waals surface area contributed by atoms with E-state index in [1.54, 1.807) is 7.11 Å². The first-order chi connectivity index (χ1) is 11.5. The van der Waals surface area contributed by atoms with Crippen molar-refractivity contribution in [1.82, 2.24) is 4.90 Å². The summed E-state index contributed by atoms with van der Waals surface area (Å²) in [6.07, 6.45) is 0.900. The van der Waals surface area contributed by atoms with Crippen LogP contribution in [0.4, 0.5) is 5.69 Å². The molecule has 4 nitrogen and oxygen atoms in total. The van der Waals surface area contributed by atoms with Gasteiger partial charge in [-0.15, -0.1) is 0 Å². The summed E-state index contributed by atoms with van der Waals surface area (Å²) >= 11 is 0. The topological polar surface area (TPSA) is 41.6 Å². The van der Waals surface area contributed by atoms with E-state index in [2.05, 4.69) is 18.3 Å². The third-order valence-corrected chi connectivity index (χ3v) is 4.00. The Morgan fingerprint density at radius 3 is 2.67 bits per heavy atom. The van der Waals surface area contributed by atoms with Gasteiger partial charge in [-0.25, -0.2) is 0 Å². The van der Waals surface area contributed by atoms with Crippen LogP contribution >= 0.6 is 0 Å². The van der Waals surface area contributed by atoms with E-state index in [0.717, 1.165) is 29.0 Å². The van der Waals surface area contributed by atoms with Crippen LogP contribution in [0.2, 0.25) is 0 Å². The number of hydrogen-bond acceptors (Lipinski definition) is 3. The number of nitrogens with one attached hydrogen (secondary N) is 1. The van der Waals surface area contributed by atoms with Crippen LogP contribution in [0.15, 0.2) is 42.5 Å². The summed E-state index contributed by atoms with van der Waals surface area (Å²) in [5.74, 6) is 0.835. The van der Waals surface area contributed by atoms with Crippen LogP contribution in [0.5, 0.6) is 5.75 Å². The molecule has 1 amide bonds. The summed E-state index contributed by atoms with van der Waals surface area (Å²) in [5.41, 5.74) is 4.33. The van der Waals surface area contributed by atoms with Crippen molar-refractivity contribution < 1.29 is 9.53 Å². The lowest BCUT2D eigenvalue weighted by atomic mass is 10.1. The number of amides is 1. The summed E-state index contributed by atoms with van der Waals surface area (Å²) in [4.78, 5) is 14.4. The molecule has 0 aliphatic carbocycles. The van der Waals surface area contributed by atoms with Gasteiger partial charge in [-0.05, 0) is 49.2 Å². The monoisotopic (exact) mass is 326 g/mol. The van der Waals surface area contributed by atoms with E-state index in [4.69, 9.17) is 4.74 Å². The van der Waals surface area contributed by atoms with Gasteiger partial charge in [-0.2, -0.15) is 0 Å². The van der Waals surface area contributed by atoms with E-state index in [0.29, 0.717) is 13.1 Å². The van der Waals surface area contributed by atoms with Crippen LogP contribution in [0.1, 0.15) is 23.6 Å². The molecule has 1 N–H and O–H groups in total. The number of nitrogens with zero attached hydrogens (tertiary/aromatic N) is 1. The lowest BCUT2D eigenvalue weighted by Gasteiger charge is -2.18. The Morgan fingerprint density at radius 1 is 1.21 bits per heavy atom. The van der Waals surface area contributed by atoms with E-state index in [9.17, 15) is 4.79 Å². The quantitative estimate of drug-likeness (QED) is 0.844. The second-order valence-electron chi connectivity index (χ2n) is 6.03. The minimum Gasteiger partial charge on any atom is -0.497 e. The number of benzene rings is 2. The molecule has 0 unspecified atom stereocenters. The van der Waals surface area contributed by atoms with Crippen LogP contribution in [0.3, 0.4) is 0 Å². The van der Waals surface area contributed by atoms with Crippen LogP contribution in [0.25, 0.3) is 0 Å². The predicted molar refractivity (Wildman–Crippen MR) is 98.5 cm³/mol. The third-order valence-electron chi connectivity index (χ3n) is 4.00. The fourth-order valence-corrected chi connectivity index (χ4v) is 2.76. The van der Waals surface area contributed by atoms with E-state index >= 15 is 0 Å². The second-order valence-corrected chi connectivity index (χ2v) is 6.03. The van der Waals surface area contributed by atoms with Crippen molar-refractivity contribution in [1.29, 1.82) is 0 Å². The molecule has 0 radical (unpaired) electrons. The molecule has 2 rings (SSSR count). The van der Waals surface area contributed by atoms with Gasteiger partial charge < -0.3 is 10.1 Å². The highest BCUT2D eigenvalue weighted by Crippen LogP contribution is 2.21. The van der Waals surface area contributed by atoms with Crippen LogP contribution < -0.4 is 10.1 Å². The van der Waals surface area contributed by atoms with Crippen molar-refractivity contribution in [2.24, 2.45) is 0 Å². The maximum Gasteiger partial charge on any atom is 0.238 e. The lowest BCUT2D eigenvalue weighted by Crippen LogP contribution is -2.30. The average Bonchev–Trinajstić information content (AvgIpc) is 2.56. The highest BCUT2D eigenvalue weighted by molar-refractivity contribution is 5.93. The zero-order valence-corrected chi connectivity index (χ0v) is 14.9. The molecule has 128 valence electrons. The number of aryl methyl sites for hydroxylation is 2. The maximum absolute atomic E-state index is 12.4. The van der Waals surface area contributed by atoms with Crippen molar-refractivity contribution >= 4 is 11.6 Å². The lowest BCUT2D eigenvalue weighted by molar-refractivity contribution is -0.117.